The summed E-state index contributed by atoms with van der Waals surface area (Å²) in [5, 5.41) is 12.4. The number of aliphatic carboxylic acids is 1. The lowest BCUT2D eigenvalue weighted by Gasteiger charge is -2.30. The number of amides is 2. The Hall–Kier alpha value is -2.12. The number of carbonyl (C=O) groups is 3. The normalized spacial score (nSPS) is 27.3. The molecule has 1 saturated carbocycles. The molecule has 1 aliphatic carbocycles. The lowest BCUT2D eigenvalue weighted by Crippen LogP contribution is -2.46. The highest BCUT2D eigenvalue weighted by Gasteiger charge is 2.55. The van der Waals surface area contributed by atoms with Gasteiger partial charge in [-0.2, -0.15) is 0 Å². The Balaban J connectivity index is 0.00000196. The van der Waals surface area contributed by atoms with E-state index >= 15 is 0 Å². The molecule has 0 bridgehead atoms. The molecule has 140 valence electrons. The molecule has 2 fully saturated rings. The number of carbonyl (C=O) groups excluding carboxylic acids is 2. The van der Waals surface area contributed by atoms with E-state index in [9.17, 15) is 19.5 Å². The number of nitrogens with one attached hydrogen (secondary N) is 1. The Morgan fingerprint density at radius 2 is 2.08 bits per heavy atom. The van der Waals surface area contributed by atoms with Crippen LogP contribution in [0.2, 0.25) is 0 Å². The van der Waals surface area contributed by atoms with Gasteiger partial charge in [-0.3, -0.25) is 24.2 Å². The van der Waals surface area contributed by atoms with Gasteiger partial charge in [-0.25, -0.2) is 0 Å². The van der Waals surface area contributed by atoms with Crippen molar-refractivity contribution in [1.29, 1.82) is 0 Å². The molecule has 0 aromatic heterocycles. The summed E-state index contributed by atoms with van der Waals surface area (Å²) in [4.78, 5) is 39.9. The number of fused-ring (bicyclic) bond motifs is 2. The van der Waals surface area contributed by atoms with Crippen LogP contribution in [0.4, 0.5) is 11.4 Å². The van der Waals surface area contributed by atoms with Crippen molar-refractivity contribution >= 4 is 41.6 Å². The topological polar surface area (TPSA) is 90.0 Å². The lowest BCUT2D eigenvalue weighted by molar-refractivity contribution is -0.149. The Bertz CT molecular complexity index is 756. The van der Waals surface area contributed by atoms with Crippen LogP contribution in [0.25, 0.3) is 0 Å². The van der Waals surface area contributed by atoms with Gasteiger partial charge in [0, 0.05) is 13.1 Å². The second-order valence-corrected chi connectivity index (χ2v) is 7.27. The van der Waals surface area contributed by atoms with Gasteiger partial charge >= 0.3 is 5.97 Å². The van der Waals surface area contributed by atoms with Gasteiger partial charge in [0.1, 0.15) is 6.54 Å². The van der Waals surface area contributed by atoms with Gasteiger partial charge in [-0.15, -0.1) is 12.4 Å². The summed E-state index contributed by atoms with van der Waals surface area (Å²) in [6, 6.07) is 7.22. The van der Waals surface area contributed by atoms with E-state index in [-0.39, 0.29) is 43.2 Å². The SMILES string of the molecule is Cl.O=C1CN(C(=O)CN2C[C@@H]3CCC[C@@]3(C(=O)O)C2)c2ccccc2N1. The van der Waals surface area contributed by atoms with E-state index in [1.807, 2.05) is 23.1 Å². The molecule has 4 rings (SSSR count). The summed E-state index contributed by atoms with van der Waals surface area (Å²) in [6.45, 7) is 1.20. The van der Waals surface area contributed by atoms with Gasteiger partial charge in [0.05, 0.1) is 23.3 Å². The van der Waals surface area contributed by atoms with Gasteiger partial charge in [0.25, 0.3) is 0 Å². The first-order chi connectivity index (χ1) is 12.0. The van der Waals surface area contributed by atoms with Crippen LogP contribution < -0.4 is 10.2 Å². The zero-order valence-electron chi connectivity index (χ0n) is 14.3. The number of rotatable bonds is 3. The summed E-state index contributed by atoms with van der Waals surface area (Å²) in [5.41, 5.74) is 0.629. The number of carboxylic acids is 1. The van der Waals surface area contributed by atoms with Crippen molar-refractivity contribution in [2.45, 2.75) is 19.3 Å². The molecule has 2 heterocycles. The molecule has 7 nitrogen and oxygen atoms in total. The van der Waals surface area contributed by atoms with E-state index in [2.05, 4.69) is 5.32 Å². The molecular weight excluding hydrogens is 358 g/mol. The molecule has 0 spiro atoms. The van der Waals surface area contributed by atoms with Crippen molar-refractivity contribution in [3.63, 3.8) is 0 Å². The van der Waals surface area contributed by atoms with Crippen molar-refractivity contribution in [3.8, 4) is 0 Å². The highest BCUT2D eigenvalue weighted by Crippen LogP contribution is 2.48. The van der Waals surface area contributed by atoms with Crippen LogP contribution in [0.1, 0.15) is 19.3 Å². The largest absolute Gasteiger partial charge is 0.481 e. The Morgan fingerprint density at radius 1 is 1.31 bits per heavy atom. The van der Waals surface area contributed by atoms with Crippen molar-refractivity contribution in [1.82, 2.24) is 4.90 Å². The molecule has 2 atom stereocenters. The van der Waals surface area contributed by atoms with E-state index in [1.54, 1.807) is 6.07 Å². The third-order valence-corrected chi connectivity index (χ3v) is 5.80. The third-order valence-electron chi connectivity index (χ3n) is 5.80. The Labute approximate surface area is 157 Å². The summed E-state index contributed by atoms with van der Waals surface area (Å²) in [7, 11) is 0. The molecule has 8 heteroatoms. The fourth-order valence-corrected chi connectivity index (χ4v) is 4.60. The summed E-state index contributed by atoms with van der Waals surface area (Å²) < 4.78 is 0. The second-order valence-electron chi connectivity index (χ2n) is 7.27. The van der Waals surface area contributed by atoms with Crippen LogP contribution in [0.5, 0.6) is 0 Å². The second kappa shape index (κ2) is 6.89. The standard InChI is InChI=1S/C18H21N3O4.ClH/c22-15-9-21(14-6-2-1-5-13(14)19-15)16(23)10-20-8-12-4-3-7-18(12,11-20)17(24)25;/h1-2,5-6,12H,3-4,7-11H2,(H,19,22)(H,24,25);1H/t12-,18+;/m0./s1. The van der Waals surface area contributed by atoms with Crippen LogP contribution in [0.3, 0.4) is 0 Å². The minimum absolute atomic E-state index is 0. The highest BCUT2D eigenvalue weighted by atomic mass is 35.5. The molecule has 1 aromatic carbocycles. The number of halogens is 1. The zero-order valence-corrected chi connectivity index (χ0v) is 15.1. The van der Waals surface area contributed by atoms with E-state index < -0.39 is 11.4 Å². The van der Waals surface area contributed by atoms with E-state index in [0.29, 0.717) is 30.9 Å². The van der Waals surface area contributed by atoms with Gasteiger partial charge in [-0.05, 0) is 30.9 Å². The van der Waals surface area contributed by atoms with Crippen molar-refractivity contribution < 1.29 is 19.5 Å². The average Bonchev–Trinajstić information content (AvgIpc) is 3.11. The number of carboxylic acid groups (broad SMARTS) is 1. The molecule has 2 aliphatic heterocycles. The molecule has 26 heavy (non-hydrogen) atoms. The molecule has 2 amide bonds. The monoisotopic (exact) mass is 379 g/mol. The Morgan fingerprint density at radius 3 is 2.81 bits per heavy atom. The molecule has 2 N–H and O–H groups in total. The number of anilines is 2. The van der Waals surface area contributed by atoms with Crippen LogP contribution in [-0.2, 0) is 14.4 Å². The van der Waals surface area contributed by atoms with Gasteiger partial charge < -0.3 is 10.4 Å². The maximum atomic E-state index is 12.8. The van der Waals surface area contributed by atoms with E-state index in [0.717, 1.165) is 12.8 Å². The molecule has 0 unspecified atom stereocenters. The van der Waals surface area contributed by atoms with Crippen molar-refractivity contribution in [2.24, 2.45) is 11.3 Å². The van der Waals surface area contributed by atoms with Crippen molar-refractivity contribution in [2.75, 3.05) is 36.4 Å². The number of nitrogens with zero attached hydrogens (tertiary/aromatic N) is 2. The quantitative estimate of drug-likeness (QED) is 0.832. The highest BCUT2D eigenvalue weighted by molar-refractivity contribution is 6.10. The number of benzene rings is 1. The number of likely N-dealkylation sites (tertiary alicyclic amines) is 1. The average molecular weight is 380 g/mol. The van der Waals surface area contributed by atoms with Crippen molar-refractivity contribution in [3.05, 3.63) is 24.3 Å². The van der Waals surface area contributed by atoms with Crippen LogP contribution in [0.15, 0.2) is 24.3 Å². The first-order valence-corrected chi connectivity index (χ1v) is 8.64. The smallest absolute Gasteiger partial charge is 0.311 e. The first-order valence-electron chi connectivity index (χ1n) is 8.64. The van der Waals surface area contributed by atoms with Gasteiger partial charge in [-0.1, -0.05) is 18.6 Å². The fourth-order valence-electron chi connectivity index (χ4n) is 4.60. The Kier molecular flexibility index (Phi) is 4.94. The van der Waals surface area contributed by atoms with Crippen LogP contribution >= 0.6 is 12.4 Å². The fraction of sp³-hybridized carbons (Fsp3) is 0.500. The van der Waals surface area contributed by atoms with Gasteiger partial charge in [0.2, 0.25) is 11.8 Å². The maximum Gasteiger partial charge on any atom is 0.311 e. The molecule has 1 saturated heterocycles. The lowest BCUT2D eigenvalue weighted by atomic mass is 9.81. The summed E-state index contributed by atoms with van der Waals surface area (Å²) >= 11 is 0. The predicted octanol–water partition coefficient (Wildman–Crippen LogP) is 1.58. The number of hydrogen-bond acceptors (Lipinski definition) is 4. The minimum Gasteiger partial charge on any atom is -0.481 e. The minimum atomic E-state index is -0.743. The molecular formula is C18H22ClN3O4. The predicted molar refractivity (Wildman–Crippen MR) is 98.5 cm³/mol. The van der Waals surface area contributed by atoms with E-state index in [1.165, 1.54) is 4.90 Å². The summed E-state index contributed by atoms with van der Waals surface area (Å²) in [5.74, 6) is -1.00. The molecule has 1 aromatic rings. The van der Waals surface area contributed by atoms with Crippen LogP contribution in [-0.4, -0.2) is 54.0 Å². The number of hydrogen-bond donors (Lipinski definition) is 2. The molecule has 3 aliphatic rings. The zero-order chi connectivity index (χ0) is 17.6. The van der Waals surface area contributed by atoms with Gasteiger partial charge in [0.15, 0.2) is 0 Å². The molecule has 0 radical (unpaired) electrons. The van der Waals surface area contributed by atoms with Crippen LogP contribution in [0, 0.1) is 11.3 Å². The number of para-hydroxylation sites is 2. The first kappa shape index (κ1) is 18.7. The maximum absolute atomic E-state index is 12.8. The third kappa shape index (κ3) is 2.95. The van der Waals surface area contributed by atoms with E-state index in [4.69, 9.17) is 0 Å². The summed E-state index contributed by atoms with van der Waals surface area (Å²) in [6.07, 6.45) is 2.54.